The monoisotopic (exact) mass is 731 g/mol. The van der Waals surface area contributed by atoms with Crippen LogP contribution in [-0.4, -0.2) is 104 Å². The van der Waals surface area contributed by atoms with Crippen molar-refractivity contribution in [3.63, 3.8) is 0 Å². The lowest BCUT2D eigenvalue weighted by atomic mass is 9.72. The van der Waals surface area contributed by atoms with E-state index in [1.54, 1.807) is 0 Å². The molecular weight excluding hydrogens is 703 g/mol. The fourth-order valence-corrected chi connectivity index (χ4v) is 5.80. The fourth-order valence-electron chi connectivity index (χ4n) is 5.54. The highest BCUT2D eigenvalue weighted by Gasteiger charge is 2.42. The van der Waals surface area contributed by atoms with Gasteiger partial charge in [0.25, 0.3) is 5.91 Å². The van der Waals surface area contributed by atoms with Crippen LogP contribution in [0.3, 0.4) is 0 Å². The van der Waals surface area contributed by atoms with E-state index in [0.717, 1.165) is 11.0 Å². The number of urea groups is 2. The highest BCUT2D eigenvalue weighted by Crippen LogP contribution is 2.40. The van der Waals surface area contributed by atoms with Crippen molar-refractivity contribution in [2.45, 2.75) is 24.8 Å². The van der Waals surface area contributed by atoms with Gasteiger partial charge in [0.1, 0.15) is 28.9 Å². The number of benzene rings is 3. The van der Waals surface area contributed by atoms with Gasteiger partial charge in [0, 0.05) is 37.3 Å². The second-order valence-electron chi connectivity index (χ2n) is 11.5. The van der Waals surface area contributed by atoms with E-state index in [0.29, 0.717) is 6.07 Å². The van der Waals surface area contributed by atoms with Crippen LogP contribution in [0.15, 0.2) is 42.5 Å². The number of phenolic OH excluding ortho intramolecular Hbond substituents is 3. The van der Waals surface area contributed by atoms with Crippen LogP contribution >= 0.6 is 11.6 Å². The van der Waals surface area contributed by atoms with E-state index in [1.807, 2.05) is 0 Å². The second kappa shape index (κ2) is 15.0. The maximum atomic E-state index is 14.6. The standard InChI is InChI=1S/C31H29BClF2N5O11/c33-22-17(13-19(35)24(42)25(22)43)23(28(45)37-20-12-14-5-6-18(34)21(29(46)47)26(14)51-32(20)50)38-30(48)40-10-9-39(31(40)49)8-2-7-36-27(44)15-3-1-4-16(41)11-15/h1,3-6,11,13,20,23,41-43,50H,2,7-10,12H2,(H,36,44)(H,37,45)(H,38,48)(H,46,47)/t20-,23?/m0/s1. The van der Waals surface area contributed by atoms with Crippen LogP contribution in [0, 0.1) is 11.6 Å². The van der Waals surface area contributed by atoms with E-state index in [9.17, 15) is 58.2 Å². The third-order valence-electron chi connectivity index (χ3n) is 8.13. The molecule has 0 saturated carbocycles. The average molecular weight is 732 g/mol. The zero-order valence-electron chi connectivity index (χ0n) is 26.2. The average Bonchev–Trinajstić information content (AvgIpc) is 3.46. The van der Waals surface area contributed by atoms with Crippen molar-refractivity contribution in [3.05, 3.63) is 81.4 Å². The molecule has 6 amide bonds. The molecule has 3 aromatic carbocycles. The summed E-state index contributed by atoms with van der Waals surface area (Å²) in [4.78, 5) is 66.1. The Hall–Kier alpha value is -5.82. The van der Waals surface area contributed by atoms with Gasteiger partial charge in [-0.25, -0.2) is 28.1 Å². The number of nitrogens with zero attached hydrogens (tertiary/aromatic N) is 2. The number of aromatic hydroxyl groups is 3. The maximum Gasteiger partial charge on any atom is 0.547 e. The summed E-state index contributed by atoms with van der Waals surface area (Å²) in [5, 5.41) is 56.1. The number of hydrogen-bond acceptors (Lipinski definition) is 10. The summed E-state index contributed by atoms with van der Waals surface area (Å²) >= 11 is 6.14. The van der Waals surface area contributed by atoms with Gasteiger partial charge < -0.3 is 51.0 Å². The summed E-state index contributed by atoms with van der Waals surface area (Å²) < 4.78 is 34.0. The first-order chi connectivity index (χ1) is 24.2. The van der Waals surface area contributed by atoms with Crippen LogP contribution in [0.25, 0.3) is 0 Å². The fraction of sp³-hybridized carbons (Fsp3) is 0.258. The van der Waals surface area contributed by atoms with E-state index < -0.39 is 94.0 Å². The summed E-state index contributed by atoms with van der Waals surface area (Å²) in [6, 6.07) is 4.43. The minimum absolute atomic E-state index is 0.0724. The number of carboxylic acids is 1. The number of rotatable bonds is 10. The van der Waals surface area contributed by atoms with Crippen LogP contribution in [0.5, 0.6) is 23.0 Å². The van der Waals surface area contributed by atoms with Gasteiger partial charge in [-0.3, -0.25) is 9.59 Å². The first-order valence-electron chi connectivity index (χ1n) is 15.2. The quantitative estimate of drug-likeness (QED) is 0.0851. The van der Waals surface area contributed by atoms with Crippen molar-refractivity contribution in [1.82, 2.24) is 25.8 Å². The number of carbonyl (C=O) groups excluding carboxylic acids is 4. The molecule has 0 aromatic heterocycles. The van der Waals surface area contributed by atoms with Crippen molar-refractivity contribution in [2.75, 3.05) is 26.2 Å². The molecule has 16 nitrogen and oxygen atoms in total. The lowest BCUT2D eigenvalue weighted by molar-refractivity contribution is -0.123. The van der Waals surface area contributed by atoms with Crippen LogP contribution < -0.4 is 20.6 Å². The number of fused-ring (bicyclic) bond motifs is 1. The first kappa shape index (κ1) is 36.5. The zero-order chi connectivity index (χ0) is 37.1. The van der Waals surface area contributed by atoms with E-state index >= 15 is 0 Å². The number of carbonyl (C=O) groups is 5. The number of amides is 6. The number of hydrogen-bond donors (Lipinski definition) is 8. The molecule has 8 N–H and O–H groups in total. The molecule has 20 heteroatoms. The normalized spacial score (nSPS) is 15.9. The number of halogens is 3. The molecule has 0 aliphatic carbocycles. The largest absolute Gasteiger partial charge is 0.547 e. The van der Waals surface area contributed by atoms with Gasteiger partial charge in [-0.05, 0) is 48.7 Å². The van der Waals surface area contributed by atoms with Crippen LogP contribution in [0.2, 0.25) is 5.02 Å². The molecule has 2 atom stereocenters. The van der Waals surface area contributed by atoms with Crippen molar-refractivity contribution in [2.24, 2.45) is 0 Å². The summed E-state index contributed by atoms with van der Waals surface area (Å²) in [6.45, 7) is 0.189. The minimum atomic E-state index is -1.96. The molecule has 3 aromatic rings. The molecule has 2 aliphatic rings. The topological polar surface area (TPSA) is 238 Å². The molecule has 2 heterocycles. The Bertz CT molecular complexity index is 1920. The van der Waals surface area contributed by atoms with Crippen molar-refractivity contribution >= 4 is 48.6 Å². The Morgan fingerprint density at radius 1 is 1.04 bits per heavy atom. The minimum Gasteiger partial charge on any atom is -0.534 e. The Labute approximate surface area is 292 Å². The number of carboxylic acid groups (broad SMARTS) is 1. The SMILES string of the molecule is O=C(NCCCN1CCN(C(=O)NC(C(=O)N[C@H]2Cc3ccc(F)c(C(=O)O)c3OB2O)c2cc(F)c(O)c(O)c2Cl)C1=O)c1cccc(O)c1. The molecule has 0 bridgehead atoms. The smallest absolute Gasteiger partial charge is 0.534 e. The Morgan fingerprint density at radius 3 is 2.49 bits per heavy atom. The van der Waals surface area contributed by atoms with E-state index in [4.69, 9.17) is 16.3 Å². The molecule has 1 saturated heterocycles. The van der Waals surface area contributed by atoms with Gasteiger partial charge in [0.2, 0.25) is 5.91 Å². The van der Waals surface area contributed by atoms with E-state index in [1.165, 1.54) is 35.2 Å². The lowest BCUT2D eigenvalue weighted by Gasteiger charge is -2.31. The Kier molecular flexibility index (Phi) is 10.7. The van der Waals surface area contributed by atoms with E-state index in [-0.39, 0.29) is 55.9 Å². The molecule has 268 valence electrons. The summed E-state index contributed by atoms with van der Waals surface area (Å²) in [7, 11) is -1.93. The molecular formula is C31H29BClF2N5O11. The van der Waals surface area contributed by atoms with Gasteiger partial charge in [0.15, 0.2) is 17.3 Å². The Morgan fingerprint density at radius 2 is 1.78 bits per heavy atom. The molecule has 0 spiro atoms. The maximum absolute atomic E-state index is 14.6. The Balaban J connectivity index is 1.28. The summed E-state index contributed by atoms with van der Waals surface area (Å²) in [6.07, 6.45) is -0.00575. The highest BCUT2D eigenvalue weighted by atomic mass is 35.5. The third-order valence-corrected chi connectivity index (χ3v) is 8.52. The highest BCUT2D eigenvalue weighted by molar-refractivity contribution is 6.47. The van der Waals surface area contributed by atoms with Crippen molar-refractivity contribution < 1.29 is 62.9 Å². The van der Waals surface area contributed by atoms with Crippen LogP contribution in [-0.2, 0) is 11.2 Å². The van der Waals surface area contributed by atoms with Crippen LogP contribution in [0.1, 0.15) is 44.3 Å². The molecule has 0 radical (unpaired) electrons. The third kappa shape index (κ3) is 7.68. The zero-order valence-corrected chi connectivity index (χ0v) is 27.0. The van der Waals surface area contributed by atoms with Gasteiger partial charge >= 0.3 is 25.1 Å². The van der Waals surface area contributed by atoms with Gasteiger partial charge in [-0.1, -0.05) is 23.7 Å². The van der Waals surface area contributed by atoms with E-state index in [2.05, 4.69) is 16.0 Å². The number of phenols is 3. The molecule has 51 heavy (non-hydrogen) atoms. The van der Waals surface area contributed by atoms with Crippen LogP contribution in [0.4, 0.5) is 18.4 Å². The number of aromatic carboxylic acids is 1. The molecule has 2 aliphatic heterocycles. The van der Waals surface area contributed by atoms with Crippen molar-refractivity contribution in [3.8, 4) is 23.0 Å². The molecule has 1 fully saturated rings. The predicted molar refractivity (Wildman–Crippen MR) is 172 cm³/mol. The summed E-state index contributed by atoms with van der Waals surface area (Å²) in [5.74, 6) is -10.1. The first-order valence-corrected chi connectivity index (χ1v) is 15.6. The molecule has 5 rings (SSSR count). The van der Waals surface area contributed by atoms with Crippen molar-refractivity contribution in [1.29, 1.82) is 0 Å². The van der Waals surface area contributed by atoms with Gasteiger partial charge in [-0.15, -0.1) is 0 Å². The molecule has 1 unspecified atom stereocenters. The number of imide groups is 1. The predicted octanol–water partition coefficient (Wildman–Crippen LogP) is 1.88. The summed E-state index contributed by atoms with van der Waals surface area (Å²) in [5.41, 5.74) is -1.07. The number of nitrogens with one attached hydrogen (secondary N) is 3. The lowest BCUT2D eigenvalue weighted by Crippen LogP contribution is -2.56. The van der Waals surface area contributed by atoms with Gasteiger partial charge in [0.05, 0.1) is 11.0 Å². The van der Waals surface area contributed by atoms with Gasteiger partial charge in [-0.2, -0.15) is 0 Å². The second-order valence-corrected chi connectivity index (χ2v) is 11.8.